The molecule has 137 valence electrons. The van der Waals surface area contributed by atoms with E-state index in [-0.39, 0.29) is 26.7 Å². The van der Waals surface area contributed by atoms with Crippen molar-refractivity contribution >= 4 is 0 Å². The predicted molar refractivity (Wildman–Crippen MR) is 101 cm³/mol. The molecule has 0 spiro atoms. The number of methoxy groups -OCH3 is 1. The number of aryl methyl sites for hydroxylation is 3. The van der Waals surface area contributed by atoms with E-state index in [0.717, 1.165) is 28.1 Å². The molecule has 4 heteroatoms. The molecule has 0 fully saturated rings. The number of ether oxygens (including phenoxy) is 1. The molecule has 0 aliphatic heterocycles. The molecule has 1 aromatic heterocycles. The average molecular weight is 525 g/mol. The molecule has 1 radical (unpaired) electrons. The summed E-state index contributed by atoms with van der Waals surface area (Å²) in [6, 6.07) is 15.3. The molecule has 3 rings (SSSR count). The third-order valence-electron chi connectivity index (χ3n) is 4.36. The summed E-state index contributed by atoms with van der Waals surface area (Å²) in [5.74, 6) is 0.761. The molecule has 0 aliphatic carbocycles. The van der Waals surface area contributed by atoms with E-state index < -0.39 is 0 Å². The Morgan fingerprint density at radius 3 is 2.38 bits per heavy atom. The van der Waals surface area contributed by atoms with Crippen molar-refractivity contribution < 1.29 is 29.9 Å². The standard InChI is InChI=1S/C22H22NO2.Ir/c1-14-9-15(2)22(16(3)10-14)20-12-18(25-4)5-6-19(20)21-11-17(13-24)7-8-23-21;/h5,7-12,24H,13H2,1-4H3;/q-1;. The van der Waals surface area contributed by atoms with Crippen LogP contribution in [0.5, 0.6) is 5.75 Å². The number of hydrogen-bond donors (Lipinski definition) is 1. The van der Waals surface area contributed by atoms with Crippen molar-refractivity contribution in [3.8, 4) is 28.1 Å². The van der Waals surface area contributed by atoms with Crippen LogP contribution in [-0.4, -0.2) is 17.2 Å². The molecule has 1 N–H and O–H groups in total. The van der Waals surface area contributed by atoms with Crippen molar-refractivity contribution in [2.45, 2.75) is 27.4 Å². The minimum atomic E-state index is -0.0103. The first-order chi connectivity index (χ1) is 12.0. The first-order valence-electron chi connectivity index (χ1n) is 8.27. The smallest absolute Gasteiger partial charge is 0.0675 e. The fraction of sp³-hybridized carbons (Fsp3) is 0.227. The number of aromatic nitrogens is 1. The van der Waals surface area contributed by atoms with Crippen LogP contribution in [0.3, 0.4) is 0 Å². The molecule has 26 heavy (non-hydrogen) atoms. The van der Waals surface area contributed by atoms with Gasteiger partial charge in [-0.3, -0.25) is 0 Å². The summed E-state index contributed by atoms with van der Waals surface area (Å²) in [6.07, 6.45) is 1.72. The Kier molecular flexibility index (Phi) is 6.71. The minimum Gasteiger partial charge on any atom is -0.540 e. The monoisotopic (exact) mass is 525 g/mol. The zero-order chi connectivity index (χ0) is 18.0. The van der Waals surface area contributed by atoms with Gasteiger partial charge in [0.15, 0.2) is 0 Å². The molecular formula is C22H22IrNO2-. The van der Waals surface area contributed by atoms with Crippen LogP contribution < -0.4 is 4.74 Å². The van der Waals surface area contributed by atoms with Gasteiger partial charge in [0.1, 0.15) is 0 Å². The van der Waals surface area contributed by atoms with E-state index in [1.807, 2.05) is 24.3 Å². The van der Waals surface area contributed by atoms with Gasteiger partial charge in [-0.1, -0.05) is 52.1 Å². The molecule has 0 unspecified atom stereocenters. The zero-order valence-electron chi connectivity index (χ0n) is 15.4. The van der Waals surface area contributed by atoms with Crippen LogP contribution in [-0.2, 0) is 26.7 Å². The average Bonchev–Trinajstić information content (AvgIpc) is 2.60. The summed E-state index contributed by atoms with van der Waals surface area (Å²) in [5, 5.41) is 9.44. The van der Waals surface area contributed by atoms with Crippen molar-refractivity contribution in [3.63, 3.8) is 0 Å². The second-order valence-electron chi connectivity index (χ2n) is 6.31. The Labute approximate surface area is 168 Å². The Morgan fingerprint density at radius 1 is 1.08 bits per heavy atom. The number of pyridine rings is 1. The second-order valence-corrected chi connectivity index (χ2v) is 6.31. The van der Waals surface area contributed by atoms with Crippen molar-refractivity contribution in [2.24, 2.45) is 0 Å². The van der Waals surface area contributed by atoms with Crippen molar-refractivity contribution in [1.82, 2.24) is 4.98 Å². The number of nitrogens with zero attached hydrogens (tertiary/aromatic N) is 1. The summed E-state index contributed by atoms with van der Waals surface area (Å²) in [4.78, 5) is 4.49. The van der Waals surface area contributed by atoms with Crippen LogP contribution in [0.15, 0.2) is 42.6 Å². The van der Waals surface area contributed by atoms with Gasteiger partial charge in [0.2, 0.25) is 0 Å². The van der Waals surface area contributed by atoms with E-state index in [0.29, 0.717) is 0 Å². The molecule has 3 nitrogen and oxygen atoms in total. The van der Waals surface area contributed by atoms with Crippen LogP contribution in [0, 0.1) is 26.8 Å². The second kappa shape index (κ2) is 8.59. The Hall–Kier alpha value is -2.00. The van der Waals surface area contributed by atoms with E-state index in [4.69, 9.17) is 4.74 Å². The molecule has 0 saturated carbocycles. The fourth-order valence-corrected chi connectivity index (χ4v) is 3.32. The largest absolute Gasteiger partial charge is 0.540 e. The fourth-order valence-electron chi connectivity index (χ4n) is 3.32. The van der Waals surface area contributed by atoms with Crippen LogP contribution in [0.2, 0.25) is 0 Å². The van der Waals surface area contributed by atoms with E-state index in [1.165, 1.54) is 22.3 Å². The van der Waals surface area contributed by atoms with Crippen molar-refractivity contribution in [1.29, 1.82) is 0 Å². The number of aliphatic hydroxyl groups is 1. The SMILES string of the molecule is COc1c[c-]c(-c2cc(CO)ccn2)c(-c2c(C)cc(C)cc2C)c1.[Ir]. The van der Waals surface area contributed by atoms with Crippen molar-refractivity contribution in [3.05, 3.63) is 70.9 Å². The van der Waals surface area contributed by atoms with Gasteiger partial charge in [-0.25, -0.2) is 0 Å². The third kappa shape index (κ3) is 4.04. The van der Waals surface area contributed by atoms with Crippen LogP contribution in [0.1, 0.15) is 22.3 Å². The number of hydrogen-bond acceptors (Lipinski definition) is 3. The summed E-state index contributed by atoms with van der Waals surface area (Å²) in [5.41, 5.74) is 8.40. The molecule has 0 aliphatic rings. The maximum Gasteiger partial charge on any atom is 0.0675 e. The molecule has 3 aromatic rings. The first-order valence-corrected chi connectivity index (χ1v) is 8.27. The van der Waals surface area contributed by atoms with Gasteiger partial charge in [0.25, 0.3) is 0 Å². The van der Waals surface area contributed by atoms with Crippen LogP contribution in [0.25, 0.3) is 22.4 Å². The first kappa shape index (κ1) is 20.3. The topological polar surface area (TPSA) is 42.4 Å². The van der Waals surface area contributed by atoms with Gasteiger partial charge in [-0.15, -0.1) is 17.7 Å². The predicted octanol–water partition coefficient (Wildman–Crippen LogP) is 4.64. The Balaban J connectivity index is 0.00000243. The van der Waals surface area contributed by atoms with Gasteiger partial charge in [-0.2, -0.15) is 0 Å². The van der Waals surface area contributed by atoms with E-state index in [1.54, 1.807) is 13.3 Å². The number of rotatable bonds is 4. The summed E-state index contributed by atoms with van der Waals surface area (Å²) in [6.45, 7) is 6.34. The molecule has 0 saturated heterocycles. The van der Waals surface area contributed by atoms with Gasteiger partial charge in [0, 0.05) is 32.1 Å². The minimum absolute atomic E-state index is 0. The molecule has 2 aromatic carbocycles. The number of aliphatic hydroxyl groups excluding tert-OH is 1. The van der Waals surface area contributed by atoms with Gasteiger partial charge in [-0.05, 0) is 38.1 Å². The van der Waals surface area contributed by atoms with E-state index in [2.05, 4.69) is 44.0 Å². The maximum atomic E-state index is 9.44. The van der Waals surface area contributed by atoms with Crippen molar-refractivity contribution in [2.75, 3.05) is 7.11 Å². The zero-order valence-corrected chi connectivity index (χ0v) is 17.8. The van der Waals surface area contributed by atoms with Gasteiger partial charge < -0.3 is 14.8 Å². The third-order valence-corrected chi connectivity index (χ3v) is 4.36. The van der Waals surface area contributed by atoms with Gasteiger partial charge in [0.05, 0.1) is 13.7 Å². The molecule has 0 amide bonds. The summed E-state index contributed by atoms with van der Waals surface area (Å²) < 4.78 is 5.42. The summed E-state index contributed by atoms with van der Waals surface area (Å²) in [7, 11) is 1.66. The molecular weight excluding hydrogens is 502 g/mol. The van der Waals surface area contributed by atoms with E-state index >= 15 is 0 Å². The van der Waals surface area contributed by atoms with Crippen LogP contribution in [0.4, 0.5) is 0 Å². The Morgan fingerprint density at radius 2 is 1.77 bits per heavy atom. The molecule has 1 heterocycles. The normalized spacial score (nSPS) is 10.3. The Bertz CT molecular complexity index is 899. The summed E-state index contributed by atoms with van der Waals surface area (Å²) >= 11 is 0. The maximum absolute atomic E-state index is 9.44. The van der Waals surface area contributed by atoms with Crippen LogP contribution >= 0.6 is 0 Å². The quantitative estimate of drug-likeness (QED) is 0.506. The van der Waals surface area contributed by atoms with Gasteiger partial charge >= 0.3 is 0 Å². The molecule has 0 atom stereocenters. The van der Waals surface area contributed by atoms with E-state index in [9.17, 15) is 5.11 Å². The number of benzene rings is 2. The molecule has 0 bridgehead atoms.